The molecule has 0 fully saturated rings. The van der Waals surface area contributed by atoms with E-state index in [1.165, 1.54) is 35.5 Å². The molecule has 2 aromatic carbocycles. The van der Waals surface area contributed by atoms with Gasteiger partial charge in [0.05, 0.1) is 12.8 Å². The minimum atomic E-state index is -1.00. The van der Waals surface area contributed by atoms with Crippen molar-refractivity contribution in [3.05, 3.63) is 80.5 Å². The number of rotatable bonds is 8. The van der Waals surface area contributed by atoms with Gasteiger partial charge in [-0.15, -0.1) is 0 Å². The van der Waals surface area contributed by atoms with E-state index in [0.29, 0.717) is 11.3 Å². The maximum absolute atomic E-state index is 12.9. The number of benzene rings is 2. The summed E-state index contributed by atoms with van der Waals surface area (Å²) in [5, 5.41) is 24.7. The number of hydrogen-bond donors (Lipinski definition) is 3. The lowest BCUT2D eigenvalue weighted by molar-refractivity contribution is 0.0938. The first kappa shape index (κ1) is 23.8. The van der Waals surface area contributed by atoms with Crippen LogP contribution >= 0.6 is 0 Å². The van der Waals surface area contributed by atoms with Crippen LogP contribution in [0.3, 0.4) is 0 Å². The molecule has 3 N–H and O–H groups in total. The highest BCUT2D eigenvalue weighted by Gasteiger charge is 2.21. The molecule has 11 nitrogen and oxygen atoms in total. The molecule has 0 aliphatic rings. The smallest absolute Gasteiger partial charge is 0.332 e. The Morgan fingerprint density at radius 1 is 1.11 bits per heavy atom. The van der Waals surface area contributed by atoms with Crippen molar-refractivity contribution < 1.29 is 14.9 Å². The first-order valence-corrected chi connectivity index (χ1v) is 10.9. The van der Waals surface area contributed by atoms with Crippen LogP contribution in [0.2, 0.25) is 0 Å². The van der Waals surface area contributed by atoms with Crippen LogP contribution in [0.4, 0.5) is 5.95 Å². The van der Waals surface area contributed by atoms with E-state index >= 15 is 0 Å². The molecule has 0 aliphatic carbocycles. The van der Waals surface area contributed by atoms with Gasteiger partial charge in [0, 0.05) is 19.7 Å². The fraction of sp³-hybridized carbons (Fsp3) is 0.250. The number of phenols is 1. The van der Waals surface area contributed by atoms with Crippen molar-refractivity contribution in [2.45, 2.75) is 19.6 Å². The minimum Gasteiger partial charge on any atom is -0.507 e. The van der Waals surface area contributed by atoms with Gasteiger partial charge in [0.15, 0.2) is 11.2 Å². The third kappa shape index (κ3) is 4.94. The highest BCUT2D eigenvalue weighted by molar-refractivity contribution is 5.83. The predicted octanol–water partition coefficient (Wildman–Crippen LogP) is 1.33. The zero-order chi connectivity index (χ0) is 25.1. The summed E-state index contributed by atoms with van der Waals surface area (Å²) in [6.07, 6.45) is 0.394. The van der Waals surface area contributed by atoms with E-state index in [0.717, 1.165) is 10.1 Å². The van der Waals surface area contributed by atoms with E-state index in [2.05, 4.69) is 15.5 Å². The van der Waals surface area contributed by atoms with Gasteiger partial charge in [0.1, 0.15) is 24.2 Å². The third-order valence-corrected chi connectivity index (χ3v) is 5.51. The van der Waals surface area contributed by atoms with Crippen LogP contribution < -0.4 is 21.4 Å². The number of aliphatic hydroxyl groups is 1. The maximum Gasteiger partial charge on any atom is 0.332 e. The number of nitrogens with one attached hydrogen (secondary N) is 1. The number of aromatic hydroxyl groups is 1. The van der Waals surface area contributed by atoms with E-state index < -0.39 is 17.4 Å². The van der Waals surface area contributed by atoms with Crippen molar-refractivity contribution in [1.82, 2.24) is 18.7 Å². The molecule has 1 atom stereocenters. The van der Waals surface area contributed by atoms with Gasteiger partial charge in [0.25, 0.3) is 5.56 Å². The first-order valence-electron chi connectivity index (χ1n) is 10.9. The summed E-state index contributed by atoms with van der Waals surface area (Å²) in [6.45, 7) is 1.88. The van der Waals surface area contributed by atoms with Crippen LogP contribution in [0, 0.1) is 6.92 Å². The average molecular weight is 479 g/mol. The van der Waals surface area contributed by atoms with Crippen LogP contribution in [-0.4, -0.2) is 47.8 Å². The Hall–Kier alpha value is -4.38. The number of ether oxygens (including phenoxy) is 1. The second-order valence-electron chi connectivity index (χ2n) is 8.13. The summed E-state index contributed by atoms with van der Waals surface area (Å²) in [4.78, 5) is 29.7. The molecular formula is C24H26N6O5. The average Bonchev–Trinajstić information content (AvgIpc) is 3.20. The van der Waals surface area contributed by atoms with Gasteiger partial charge in [-0.2, -0.15) is 10.1 Å². The van der Waals surface area contributed by atoms with Gasteiger partial charge in [-0.05, 0) is 31.2 Å². The van der Waals surface area contributed by atoms with Crippen LogP contribution in [-0.2, 0) is 20.6 Å². The topological polar surface area (TPSA) is 136 Å². The number of aromatic nitrogens is 4. The van der Waals surface area contributed by atoms with E-state index in [1.807, 2.05) is 19.1 Å². The van der Waals surface area contributed by atoms with Crippen LogP contribution in [0.5, 0.6) is 11.5 Å². The van der Waals surface area contributed by atoms with Crippen molar-refractivity contribution in [3.63, 3.8) is 0 Å². The number of nitrogens with zero attached hydrogens (tertiary/aromatic N) is 5. The Morgan fingerprint density at radius 2 is 1.83 bits per heavy atom. The van der Waals surface area contributed by atoms with Crippen molar-refractivity contribution in [3.8, 4) is 11.5 Å². The normalized spacial score (nSPS) is 12.3. The number of imidazole rings is 1. The molecule has 0 spiro atoms. The molecule has 182 valence electrons. The van der Waals surface area contributed by atoms with Crippen molar-refractivity contribution in [2.75, 3.05) is 12.0 Å². The highest BCUT2D eigenvalue weighted by Crippen LogP contribution is 2.18. The molecule has 0 saturated heterocycles. The fourth-order valence-electron chi connectivity index (χ4n) is 3.56. The van der Waals surface area contributed by atoms with Gasteiger partial charge in [-0.25, -0.2) is 10.2 Å². The molecule has 11 heteroatoms. The second kappa shape index (κ2) is 9.85. The molecule has 0 aliphatic heterocycles. The van der Waals surface area contributed by atoms with E-state index in [4.69, 9.17) is 4.74 Å². The zero-order valence-electron chi connectivity index (χ0n) is 19.5. The molecule has 0 saturated carbocycles. The van der Waals surface area contributed by atoms with E-state index in [-0.39, 0.29) is 36.0 Å². The lowest BCUT2D eigenvalue weighted by Gasteiger charge is -2.15. The Labute approximate surface area is 200 Å². The number of aryl methyl sites for hydroxylation is 2. The lowest BCUT2D eigenvalue weighted by Crippen LogP contribution is -2.38. The summed E-state index contributed by atoms with van der Waals surface area (Å²) in [6, 6.07) is 14.1. The number of anilines is 1. The molecule has 2 aromatic heterocycles. The minimum absolute atomic E-state index is 0.0323. The summed E-state index contributed by atoms with van der Waals surface area (Å²) in [5.41, 5.74) is 3.50. The molecule has 4 rings (SSSR count). The molecular weight excluding hydrogens is 452 g/mol. The maximum atomic E-state index is 12.9. The highest BCUT2D eigenvalue weighted by atomic mass is 16.5. The molecule has 1 unspecified atom stereocenters. The molecule has 4 aromatic rings. The van der Waals surface area contributed by atoms with E-state index in [1.54, 1.807) is 30.3 Å². The van der Waals surface area contributed by atoms with Gasteiger partial charge >= 0.3 is 5.69 Å². The van der Waals surface area contributed by atoms with Crippen molar-refractivity contribution in [2.24, 2.45) is 19.2 Å². The van der Waals surface area contributed by atoms with Gasteiger partial charge < -0.3 is 19.5 Å². The molecule has 2 heterocycles. The number of fused-ring (bicyclic) bond motifs is 1. The largest absolute Gasteiger partial charge is 0.507 e. The Balaban J connectivity index is 1.66. The quantitative estimate of drug-likeness (QED) is 0.257. The van der Waals surface area contributed by atoms with Crippen molar-refractivity contribution >= 4 is 23.3 Å². The Bertz CT molecular complexity index is 1500. The van der Waals surface area contributed by atoms with Gasteiger partial charge in [-0.1, -0.05) is 29.8 Å². The van der Waals surface area contributed by atoms with Crippen LogP contribution in [0.25, 0.3) is 11.2 Å². The third-order valence-electron chi connectivity index (χ3n) is 5.51. The predicted molar refractivity (Wildman–Crippen MR) is 132 cm³/mol. The number of hydrazone groups is 1. The molecule has 35 heavy (non-hydrogen) atoms. The van der Waals surface area contributed by atoms with E-state index in [9.17, 15) is 19.8 Å². The summed E-state index contributed by atoms with van der Waals surface area (Å²) in [5.74, 6) is 0.792. The number of phenolic OH excluding ortho intramolecular Hbond substituents is 1. The zero-order valence-corrected chi connectivity index (χ0v) is 19.5. The first-order chi connectivity index (χ1) is 16.8. The monoisotopic (exact) mass is 478 g/mol. The number of hydrogen-bond acceptors (Lipinski definition) is 8. The summed E-state index contributed by atoms with van der Waals surface area (Å²) < 4.78 is 9.36. The summed E-state index contributed by atoms with van der Waals surface area (Å²) in [7, 11) is 2.88. The number of para-hydroxylation sites is 1. The molecule has 0 amide bonds. The lowest BCUT2D eigenvalue weighted by atomic mass is 10.2. The Morgan fingerprint density at radius 3 is 2.54 bits per heavy atom. The second-order valence-corrected chi connectivity index (χ2v) is 8.13. The van der Waals surface area contributed by atoms with Crippen LogP contribution in [0.1, 0.15) is 11.1 Å². The van der Waals surface area contributed by atoms with Crippen LogP contribution in [0.15, 0.2) is 63.2 Å². The SMILES string of the molecule is Cc1ccc(OCC(O)Cn2c(N/N=C/c3ccccc3O)nc3c2c(=O)n(C)c(=O)n3C)cc1. The standard InChI is InChI=1S/C24H26N6O5/c1-15-8-10-18(11-9-15)35-14-17(31)13-30-20-21(28(2)24(34)29(3)22(20)33)26-23(30)27-25-12-16-6-4-5-7-19(16)32/h4-12,17,31-32H,13-14H2,1-3H3,(H,26,27)/b25-12+. The van der Waals surface area contributed by atoms with Gasteiger partial charge in [-0.3, -0.25) is 13.9 Å². The molecule has 0 radical (unpaired) electrons. The van der Waals surface area contributed by atoms with Crippen molar-refractivity contribution in [1.29, 1.82) is 0 Å². The fourth-order valence-corrected chi connectivity index (χ4v) is 3.56. The summed E-state index contributed by atoms with van der Waals surface area (Å²) >= 11 is 0. The van der Waals surface area contributed by atoms with Gasteiger partial charge in [0.2, 0.25) is 5.95 Å². The number of aliphatic hydroxyl groups excluding tert-OH is 1. The Kier molecular flexibility index (Phi) is 6.69. The molecule has 0 bridgehead atoms.